The summed E-state index contributed by atoms with van der Waals surface area (Å²) in [5, 5.41) is 8.17. The van der Waals surface area contributed by atoms with Gasteiger partial charge in [0.25, 0.3) is 5.91 Å². The zero-order valence-electron chi connectivity index (χ0n) is 15.0. The molecular formula is C20H22ClN5O. The number of nitrogens with zero attached hydrogens (tertiary/aromatic N) is 4. The second kappa shape index (κ2) is 7.90. The lowest BCUT2D eigenvalue weighted by molar-refractivity contribution is 0.0783. The smallest absolute Gasteiger partial charge is 0.276 e. The highest BCUT2D eigenvalue weighted by Crippen LogP contribution is 2.27. The van der Waals surface area contributed by atoms with E-state index in [1.807, 2.05) is 49.4 Å². The molecule has 2 atom stereocenters. The van der Waals surface area contributed by atoms with Gasteiger partial charge >= 0.3 is 0 Å². The molecule has 1 aliphatic heterocycles. The van der Waals surface area contributed by atoms with Crippen molar-refractivity contribution in [3.63, 3.8) is 0 Å². The molecule has 0 unspecified atom stereocenters. The second-order valence-corrected chi connectivity index (χ2v) is 6.78. The number of benzene rings is 2. The number of carbonyl (C=O) groups excluding carboxylic acids is 1. The van der Waals surface area contributed by atoms with Crippen molar-refractivity contribution >= 4 is 18.3 Å². The van der Waals surface area contributed by atoms with Crippen LogP contribution >= 0.6 is 12.4 Å². The van der Waals surface area contributed by atoms with E-state index in [1.54, 1.807) is 15.8 Å². The number of amides is 1. The maximum atomic E-state index is 12.8. The lowest BCUT2D eigenvalue weighted by atomic mass is 9.95. The lowest BCUT2D eigenvalue weighted by Crippen LogP contribution is -2.32. The predicted molar refractivity (Wildman–Crippen MR) is 106 cm³/mol. The molecule has 0 radical (unpaired) electrons. The summed E-state index contributed by atoms with van der Waals surface area (Å²) in [7, 11) is 0. The topological polar surface area (TPSA) is 77.0 Å². The number of aryl methyl sites for hydroxylation is 1. The van der Waals surface area contributed by atoms with Crippen LogP contribution in [0.1, 0.15) is 27.5 Å². The Kier molecular flexibility index (Phi) is 5.58. The third kappa shape index (κ3) is 3.86. The Morgan fingerprint density at radius 1 is 1.11 bits per heavy atom. The molecule has 0 saturated carbocycles. The number of aromatic nitrogens is 3. The van der Waals surface area contributed by atoms with Gasteiger partial charge in [-0.25, -0.2) is 4.68 Å². The molecule has 1 aliphatic rings. The van der Waals surface area contributed by atoms with Gasteiger partial charge in [-0.15, -0.1) is 17.5 Å². The van der Waals surface area contributed by atoms with E-state index in [9.17, 15) is 4.79 Å². The standard InChI is InChI=1S/C20H21N5O.ClH/c1-14-6-5-9-16(10-14)25-13-19(22-23-25)20(26)24-11-17(18(21)12-24)15-7-3-2-4-8-15;/h2-10,13,17-18H,11-12,21H2,1H3;1H/t17-,18+;/m0./s1. The van der Waals surface area contributed by atoms with Crippen molar-refractivity contribution in [2.24, 2.45) is 5.73 Å². The molecule has 1 saturated heterocycles. The molecule has 2 aromatic carbocycles. The van der Waals surface area contributed by atoms with E-state index in [2.05, 4.69) is 22.4 Å². The van der Waals surface area contributed by atoms with Crippen molar-refractivity contribution in [3.05, 3.63) is 77.6 Å². The number of hydrogen-bond donors (Lipinski definition) is 1. The van der Waals surface area contributed by atoms with Crippen LogP contribution in [-0.4, -0.2) is 44.9 Å². The van der Waals surface area contributed by atoms with Crippen LogP contribution in [0.2, 0.25) is 0 Å². The molecule has 0 spiro atoms. The fourth-order valence-electron chi connectivity index (χ4n) is 3.47. The minimum atomic E-state index is -0.127. The summed E-state index contributed by atoms with van der Waals surface area (Å²) >= 11 is 0. The van der Waals surface area contributed by atoms with Gasteiger partial charge < -0.3 is 10.6 Å². The first-order valence-electron chi connectivity index (χ1n) is 8.71. The Balaban J connectivity index is 0.00000210. The molecule has 27 heavy (non-hydrogen) atoms. The summed E-state index contributed by atoms with van der Waals surface area (Å²) < 4.78 is 1.63. The first-order valence-corrected chi connectivity index (χ1v) is 8.71. The summed E-state index contributed by atoms with van der Waals surface area (Å²) in [6.45, 7) is 3.14. The number of carbonyl (C=O) groups is 1. The molecule has 3 aromatic rings. The van der Waals surface area contributed by atoms with Gasteiger partial charge in [0.2, 0.25) is 0 Å². The molecule has 1 aromatic heterocycles. The zero-order chi connectivity index (χ0) is 18.1. The second-order valence-electron chi connectivity index (χ2n) is 6.78. The molecule has 0 bridgehead atoms. The van der Waals surface area contributed by atoms with Crippen molar-refractivity contribution in [2.75, 3.05) is 13.1 Å². The number of likely N-dealkylation sites (tertiary alicyclic amines) is 1. The molecule has 2 N–H and O–H groups in total. The van der Waals surface area contributed by atoms with Crippen molar-refractivity contribution in [2.45, 2.75) is 18.9 Å². The molecule has 6 nitrogen and oxygen atoms in total. The van der Waals surface area contributed by atoms with Gasteiger partial charge in [-0.1, -0.05) is 47.7 Å². The number of rotatable bonds is 3. The Bertz CT molecular complexity index is 927. The first-order chi connectivity index (χ1) is 12.6. The number of nitrogens with two attached hydrogens (primary N) is 1. The number of hydrogen-bond acceptors (Lipinski definition) is 4. The normalized spacial score (nSPS) is 19.0. The average molecular weight is 384 g/mol. The van der Waals surface area contributed by atoms with Crippen molar-refractivity contribution in [1.82, 2.24) is 19.9 Å². The van der Waals surface area contributed by atoms with Crippen LogP contribution in [-0.2, 0) is 0 Å². The highest BCUT2D eigenvalue weighted by atomic mass is 35.5. The van der Waals surface area contributed by atoms with E-state index in [0.29, 0.717) is 18.8 Å². The number of halogens is 1. The Morgan fingerprint density at radius 2 is 1.89 bits per heavy atom. The molecule has 1 fully saturated rings. The van der Waals surface area contributed by atoms with Crippen LogP contribution < -0.4 is 5.73 Å². The Hall–Kier alpha value is -2.70. The van der Waals surface area contributed by atoms with Gasteiger partial charge in [0.1, 0.15) is 0 Å². The minimum Gasteiger partial charge on any atom is -0.335 e. The predicted octanol–water partition coefficient (Wildman–Crippen LogP) is 2.56. The minimum absolute atomic E-state index is 0. The lowest BCUT2D eigenvalue weighted by Gasteiger charge is -2.15. The molecule has 4 rings (SSSR count). The third-order valence-electron chi connectivity index (χ3n) is 4.86. The van der Waals surface area contributed by atoms with Crippen LogP contribution in [0.5, 0.6) is 0 Å². The molecular weight excluding hydrogens is 362 g/mol. The highest BCUT2D eigenvalue weighted by molar-refractivity contribution is 5.92. The van der Waals surface area contributed by atoms with E-state index < -0.39 is 0 Å². The average Bonchev–Trinajstić information content (AvgIpc) is 3.29. The van der Waals surface area contributed by atoms with Crippen LogP contribution in [0.4, 0.5) is 0 Å². The van der Waals surface area contributed by atoms with E-state index >= 15 is 0 Å². The fourth-order valence-corrected chi connectivity index (χ4v) is 3.47. The van der Waals surface area contributed by atoms with Gasteiger partial charge in [-0.3, -0.25) is 4.79 Å². The fraction of sp³-hybridized carbons (Fsp3) is 0.250. The molecule has 0 aliphatic carbocycles. The van der Waals surface area contributed by atoms with Crippen LogP contribution in [0.15, 0.2) is 60.8 Å². The summed E-state index contributed by atoms with van der Waals surface area (Å²) in [5.41, 5.74) is 9.81. The van der Waals surface area contributed by atoms with Crippen LogP contribution in [0, 0.1) is 6.92 Å². The van der Waals surface area contributed by atoms with Crippen molar-refractivity contribution in [3.8, 4) is 5.69 Å². The van der Waals surface area contributed by atoms with Crippen molar-refractivity contribution < 1.29 is 4.79 Å². The highest BCUT2D eigenvalue weighted by Gasteiger charge is 2.35. The zero-order valence-corrected chi connectivity index (χ0v) is 15.8. The van der Waals surface area contributed by atoms with Gasteiger partial charge in [0.15, 0.2) is 5.69 Å². The van der Waals surface area contributed by atoms with E-state index in [0.717, 1.165) is 11.3 Å². The summed E-state index contributed by atoms with van der Waals surface area (Å²) in [6, 6.07) is 17.9. The van der Waals surface area contributed by atoms with Gasteiger partial charge in [0, 0.05) is 25.0 Å². The Morgan fingerprint density at radius 3 is 2.63 bits per heavy atom. The summed E-state index contributed by atoms with van der Waals surface area (Å²) in [4.78, 5) is 14.6. The molecule has 1 amide bonds. The van der Waals surface area contributed by atoms with Gasteiger partial charge in [-0.05, 0) is 30.2 Å². The first kappa shape index (κ1) is 19.1. The summed E-state index contributed by atoms with van der Waals surface area (Å²) in [5.74, 6) is 0.0183. The van der Waals surface area contributed by atoms with E-state index in [4.69, 9.17) is 5.73 Å². The van der Waals surface area contributed by atoms with Crippen LogP contribution in [0.25, 0.3) is 5.69 Å². The monoisotopic (exact) mass is 383 g/mol. The SMILES string of the molecule is Cc1cccc(-n2cc(C(=O)N3C[C@@H](N)[C@H](c4ccccc4)C3)nn2)c1.Cl. The van der Waals surface area contributed by atoms with Gasteiger partial charge in [0.05, 0.1) is 11.9 Å². The quantitative estimate of drug-likeness (QED) is 0.754. The maximum Gasteiger partial charge on any atom is 0.276 e. The third-order valence-corrected chi connectivity index (χ3v) is 4.86. The van der Waals surface area contributed by atoms with Crippen LogP contribution in [0.3, 0.4) is 0 Å². The van der Waals surface area contributed by atoms with Crippen molar-refractivity contribution in [1.29, 1.82) is 0 Å². The maximum absolute atomic E-state index is 12.8. The largest absolute Gasteiger partial charge is 0.335 e. The molecule has 2 heterocycles. The van der Waals surface area contributed by atoms with E-state index in [-0.39, 0.29) is 30.3 Å². The Labute approximate surface area is 164 Å². The molecule has 7 heteroatoms. The van der Waals surface area contributed by atoms with Gasteiger partial charge in [-0.2, -0.15) is 0 Å². The van der Waals surface area contributed by atoms with E-state index in [1.165, 1.54) is 5.56 Å². The molecule has 140 valence electrons. The summed E-state index contributed by atoms with van der Waals surface area (Å²) in [6.07, 6.45) is 1.68.